The van der Waals surface area contributed by atoms with Crippen molar-refractivity contribution < 1.29 is 19.0 Å². The average molecular weight is 263 g/mol. The molecule has 1 N–H and O–H groups in total. The summed E-state index contributed by atoms with van der Waals surface area (Å²) in [5.74, 6) is 1.42. The van der Waals surface area contributed by atoms with Gasteiger partial charge in [-0.25, -0.2) is 0 Å². The number of benzene rings is 1. The topological polar surface area (TPSA) is 50.6 Å². The second kappa shape index (κ2) is 4.91. The number of amides is 1. The third-order valence-electron chi connectivity index (χ3n) is 3.21. The molecule has 0 spiro atoms. The molecule has 0 aliphatic carbocycles. The summed E-state index contributed by atoms with van der Waals surface area (Å²) >= 11 is 0. The zero-order chi connectivity index (χ0) is 14.0. The van der Waals surface area contributed by atoms with E-state index in [4.69, 9.17) is 9.47 Å². The molecule has 0 atom stereocenters. The lowest BCUT2D eigenvalue weighted by atomic mass is 10.0. The van der Waals surface area contributed by atoms with Crippen LogP contribution in [0, 0.1) is 0 Å². The molecule has 1 fully saturated rings. The van der Waals surface area contributed by atoms with Crippen molar-refractivity contribution in [3.63, 3.8) is 0 Å². The molecule has 102 valence electrons. The standard InChI is InChI=1S/C14H18N2O3/c1-14(2)8-13(17)15-16(14)9-10-11(18-3)6-5-7-12(10)19-4/h5-7,9H,8H2,1-4H3/p+1/b16-9-. The van der Waals surface area contributed by atoms with Gasteiger partial charge in [0.2, 0.25) is 6.21 Å². The van der Waals surface area contributed by atoms with E-state index in [9.17, 15) is 4.79 Å². The second-order valence-electron chi connectivity index (χ2n) is 5.10. The molecule has 2 rings (SSSR count). The van der Waals surface area contributed by atoms with Gasteiger partial charge in [-0.3, -0.25) is 4.79 Å². The van der Waals surface area contributed by atoms with E-state index in [-0.39, 0.29) is 11.4 Å². The summed E-state index contributed by atoms with van der Waals surface area (Å²) < 4.78 is 12.5. The van der Waals surface area contributed by atoms with Gasteiger partial charge in [0, 0.05) is 13.8 Å². The van der Waals surface area contributed by atoms with E-state index in [1.807, 2.05) is 38.3 Å². The highest BCUT2D eigenvalue weighted by molar-refractivity contribution is 5.86. The van der Waals surface area contributed by atoms with Crippen LogP contribution in [0.25, 0.3) is 0 Å². The van der Waals surface area contributed by atoms with Crippen molar-refractivity contribution in [3.8, 4) is 11.5 Å². The first kappa shape index (κ1) is 13.4. The van der Waals surface area contributed by atoms with Crippen molar-refractivity contribution in [2.75, 3.05) is 14.2 Å². The molecule has 19 heavy (non-hydrogen) atoms. The lowest BCUT2D eigenvalue weighted by molar-refractivity contribution is -0.620. The first-order valence-electron chi connectivity index (χ1n) is 6.12. The number of hydrogen-bond donors (Lipinski definition) is 1. The molecule has 1 aliphatic heterocycles. The molecule has 5 heteroatoms. The van der Waals surface area contributed by atoms with Crippen LogP contribution in [0.15, 0.2) is 18.2 Å². The van der Waals surface area contributed by atoms with Crippen molar-refractivity contribution in [3.05, 3.63) is 23.8 Å². The fourth-order valence-electron chi connectivity index (χ4n) is 2.15. The van der Waals surface area contributed by atoms with E-state index in [1.54, 1.807) is 18.9 Å². The number of rotatable bonds is 3. The van der Waals surface area contributed by atoms with Crippen LogP contribution in [0.2, 0.25) is 0 Å². The van der Waals surface area contributed by atoms with E-state index >= 15 is 0 Å². The molecule has 0 aromatic heterocycles. The highest BCUT2D eigenvalue weighted by atomic mass is 16.5. The van der Waals surface area contributed by atoms with E-state index < -0.39 is 0 Å². The van der Waals surface area contributed by atoms with Gasteiger partial charge in [0.1, 0.15) is 17.1 Å². The maximum absolute atomic E-state index is 11.5. The van der Waals surface area contributed by atoms with Crippen LogP contribution in [0.4, 0.5) is 0 Å². The van der Waals surface area contributed by atoms with Crippen molar-refractivity contribution in [1.82, 2.24) is 5.43 Å². The Morgan fingerprint density at radius 3 is 2.26 bits per heavy atom. The van der Waals surface area contributed by atoms with Crippen LogP contribution in [0.3, 0.4) is 0 Å². The highest BCUT2D eigenvalue weighted by Gasteiger charge is 2.42. The molecular formula is C14H19N2O3+. The monoisotopic (exact) mass is 263 g/mol. The molecule has 0 saturated carbocycles. The molecule has 5 nitrogen and oxygen atoms in total. The number of ether oxygens (including phenoxy) is 2. The van der Waals surface area contributed by atoms with Gasteiger partial charge in [-0.1, -0.05) is 6.07 Å². The summed E-state index contributed by atoms with van der Waals surface area (Å²) in [6, 6.07) is 5.58. The van der Waals surface area contributed by atoms with E-state index in [2.05, 4.69) is 5.43 Å². The maximum Gasteiger partial charge on any atom is 0.281 e. The van der Waals surface area contributed by atoms with Crippen molar-refractivity contribution in [2.45, 2.75) is 25.8 Å². The molecule has 1 aromatic rings. The van der Waals surface area contributed by atoms with Crippen LogP contribution < -0.4 is 14.9 Å². The minimum absolute atomic E-state index is 0.00937. The van der Waals surface area contributed by atoms with Crippen LogP contribution >= 0.6 is 0 Å². The number of nitrogens with one attached hydrogen (secondary N) is 1. The molecule has 0 bridgehead atoms. The normalized spacial score (nSPS) is 19.4. The van der Waals surface area contributed by atoms with Crippen molar-refractivity contribution >= 4 is 12.1 Å². The highest BCUT2D eigenvalue weighted by Crippen LogP contribution is 2.27. The smallest absolute Gasteiger partial charge is 0.281 e. The lowest BCUT2D eigenvalue weighted by Crippen LogP contribution is -2.36. The van der Waals surface area contributed by atoms with Crippen molar-refractivity contribution in [2.24, 2.45) is 0 Å². The number of methoxy groups -OCH3 is 2. The maximum atomic E-state index is 11.5. The van der Waals surface area contributed by atoms with Gasteiger partial charge < -0.3 is 9.47 Å². The largest absolute Gasteiger partial charge is 0.496 e. The quantitative estimate of drug-likeness (QED) is 0.837. The number of carbonyl (C=O) groups excluding carboxylic acids is 1. The number of hydrogen-bond acceptors (Lipinski definition) is 3. The molecule has 1 saturated heterocycles. The lowest BCUT2D eigenvalue weighted by Gasteiger charge is -2.12. The fourth-order valence-corrected chi connectivity index (χ4v) is 2.15. The zero-order valence-electron chi connectivity index (χ0n) is 11.7. The summed E-state index contributed by atoms with van der Waals surface area (Å²) in [5.41, 5.74) is 3.36. The van der Waals surface area contributed by atoms with Gasteiger partial charge in [0.05, 0.1) is 20.6 Å². The van der Waals surface area contributed by atoms with E-state index in [0.29, 0.717) is 17.9 Å². The van der Waals surface area contributed by atoms with Gasteiger partial charge in [0.15, 0.2) is 5.54 Å². The Kier molecular flexibility index (Phi) is 3.46. The predicted octanol–water partition coefficient (Wildman–Crippen LogP) is 1.35. The Morgan fingerprint density at radius 1 is 1.26 bits per heavy atom. The van der Waals surface area contributed by atoms with Gasteiger partial charge in [0.25, 0.3) is 5.91 Å². The molecule has 1 heterocycles. The second-order valence-corrected chi connectivity index (χ2v) is 5.10. The number of nitrogens with zero attached hydrogens (tertiary/aromatic N) is 1. The van der Waals surface area contributed by atoms with E-state index in [0.717, 1.165) is 5.56 Å². The SMILES string of the molecule is COc1cccc(OC)c1/C=[N+]1\NC(=O)CC1(C)C. The number of hydrazone groups is 1. The number of hydrazine groups is 1. The summed E-state index contributed by atoms with van der Waals surface area (Å²) in [7, 11) is 3.22. The van der Waals surface area contributed by atoms with E-state index in [1.165, 1.54) is 0 Å². The first-order chi connectivity index (χ1) is 8.97. The molecule has 1 amide bonds. The summed E-state index contributed by atoms with van der Waals surface area (Å²) in [5, 5.41) is 0. The first-order valence-corrected chi connectivity index (χ1v) is 6.12. The van der Waals surface area contributed by atoms with Crippen LogP contribution in [0.1, 0.15) is 25.8 Å². The van der Waals surface area contributed by atoms with Gasteiger partial charge >= 0.3 is 0 Å². The van der Waals surface area contributed by atoms with Gasteiger partial charge in [-0.15, -0.1) is 10.1 Å². The average Bonchev–Trinajstić information content (AvgIpc) is 2.62. The summed E-state index contributed by atoms with van der Waals surface area (Å²) in [6.07, 6.45) is 2.31. The Balaban J connectivity index is 2.51. The molecule has 1 aromatic carbocycles. The van der Waals surface area contributed by atoms with Crippen LogP contribution in [-0.4, -0.2) is 36.6 Å². The van der Waals surface area contributed by atoms with Gasteiger partial charge in [-0.05, 0) is 12.1 Å². The van der Waals surface area contributed by atoms with Gasteiger partial charge in [-0.2, -0.15) is 0 Å². The van der Waals surface area contributed by atoms with Crippen LogP contribution in [-0.2, 0) is 4.79 Å². The minimum Gasteiger partial charge on any atom is -0.496 e. The Hall–Kier alpha value is -2.04. The predicted molar refractivity (Wildman–Crippen MR) is 71.8 cm³/mol. The molecule has 0 radical (unpaired) electrons. The van der Waals surface area contributed by atoms with Crippen LogP contribution in [0.5, 0.6) is 11.5 Å². The fraction of sp³-hybridized carbons (Fsp3) is 0.429. The van der Waals surface area contributed by atoms with Crippen molar-refractivity contribution in [1.29, 1.82) is 0 Å². The third-order valence-corrected chi connectivity index (χ3v) is 3.21. The Morgan fingerprint density at radius 2 is 1.84 bits per heavy atom. The number of carbonyl (C=O) groups is 1. The third kappa shape index (κ3) is 2.54. The molecular weight excluding hydrogens is 244 g/mol. The summed E-state index contributed by atoms with van der Waals surface area (Å²) in [4.78, 5) is 11.5. The summed E-state index contributed by atoms with van der Waals surface area (Å²) in [6.45, 7) is 4.01. The molecule has 1 aliphatic rings. The minimum atomic E-state index is -0.275. The molecule has 0 unspecified atom stereocenters. The Bertz CT molecular complexity index is 513. The zero-order valence-corrected chi connectivity index (χ0v) is 11.7. The Labute approximate surface area is 112 Å².